The van der Waals surface area contributed by atoms with Gasteiger partial charge in [0.2, 0.25) is 0 Å². The summed E-state index contributed by atoms with van der Waals surface area (Å²) in [6.07, 6.45) is 5.89. The van der Waals surface area contributed by atoms with Crippen LogP contribution in [0.4, 0.5) is 5.69 Å². The number of fused-ring (bicyclic) bond motifs is 1. The second-order valence-electron chi connectivity index (χ2n) is 5.30. The number of aromatic nitrogens is 2. The summed E-state index contributed by atoms with van der Waals surface area (Å²) >= 11 is 1.48. The van der Waals surface area contributed by atoms with E-state index in [1.54, 1.807) is 30.4 Å². The number of nitro benzene ring substituents is 1. The molecule has 0 radical (unpaired) electrons. The molecule has 0 aliphatic carbocycles. The van der Waals surface area contributed by atoms with Crippen molar-refractivity contribution in [3.8, 4) is 0 Å². The van der Waals surface area contributed by atoms with Crippen molar-refractivity contribution in [2.75, 3.05) is 0 Å². The minimum absolute atomic E-state index is 0.0109. The van der Waals surface area contributed by atoms with Crippen molar-refractivity contribution >= 4 is 39.5 Å². The quantitative estimate of drug-likeness (QED) is 0.407. The van der Waals surface area contributed by atoms with Gasteiger partial charge in [0.1, 0.15) is 11.2 Å². The van der Waals surface area contributed by atoms with Gasteiger partial charge in [-0.1, -0.05) is 12.1 Å². The van der Waals surface area contributed by atoms with Gasteiger partial charge in [0, 0.05) is 17.2 Å². The molecule has 7 nitrogen and oxygen atoms in total. The number of nitro groups is 1. The number of hydrogen-bond acceptors (Lipinski definition) is 6. The number of para-hydroxylation sites is 1. The molecule has 0 aliphatic rings. The summed E-state index contributed by atoms with van der Waals surface area (Å²) < 4.78 is 1.16. The predicted molar refractivity (Wildman–Crippen MR) is 99.4 cm³/mol. The largest absolute Gasteiger partial charge is 0.282 e. The van der Waals surface area contributed by atoms with E-state index in [0.29, 0.717) is 15.8 Å². The van der Waals surface area contributed by atoms with E-state index in [2.05, 4.69) is 10.1 Å². The average Bonchev–Trinajstić information content (AvgIpc) is 2.88. The fourth-order valence-electron chi connectivity index (χ4n) is 2.36. The van der Waals surface area contributed by atoms with E-state index in [0.717, 1.165) is 15.1 Å². The molecule has 0 bridgehead atoms. The maximum atomic E-state index is 12.5. The number of hydrogen-bond donors (Lipinski definition) is 0. The van der Waals surface area contributed by atoms with Gasteiger partial charge in [0.25, 0.3) is 11.2 Å². The molecule has 25 heavy (non-hydrogen) atoms. The summed E-state index contributed by atoms with van der Waals surface area (Å²) in [7, 11) is 0. The SMILES string of the molecule is Cc1sc2ncn(/N=C/C=C/c3ccccc3[N+](=O)[O-])c(=O)c2c1C. The van der Waals surface area contributed by atoms with Crippen LogP contribution in [0.1, 0.15) is 16.0 Å². The van der Waals surface area contributed by atoms with Crippen molar-refractivity contribution in [1.29, 1.82) is 0 Å². The molecular weight excluding hydrogens is 340 g/mol. The van der Waals surface area contributed by atoms with Gasteiger partial charge < -0.3 is 0 Å². The first-order valence-corrected chi connectivity index (χ1v) is 8.22. The lowest BCUT2D eigenvalue weighted by Gasteiger charge is -1.97. The lowest BCUT2D eigenvalue weighted by molar-refractivity contribution is -0.385. The van der Waals surface area contributed by atoms with E-state index in [1.807, 2.05) is 13.8 Å². The van der Waals surface area contributed by atoms with Crippen LogP contribution in [0.3, 0.4) is 0 Å². The Bertz CT molecular complexity index is 1080. The van der Waals surface area contributed by atoms with Crippen LogP contribution in [0, 0.1) is 24.0 Å². The van der Waals surface area contributed by atoms with Crippen LogP contribution < -0.4 is 5.56 Å². The first-order valence-electron chi connectivity index (χ1n) is 7.41. The van der Waals surface area contributed by atoms with Crippen LogP contribution in [0.5, 0.6) is 0 Å². The molecule has 8 heteroatoms. The molecule has 0 N–H and O–H groups in total. The highest BCUT2D eigenvalue weighted by molar-refractivity contribution is 7.18. The molecule has 0 amide bonds. The minimum atomic E-state index is -0.444. The molecule has 1 aromatic carbocycles. The van der Waals surface area contributed by atoms with Crippen LogP contribution in [0.15, 0.2) is 46.6 Å². The van der Waals surface area contributed by atoms with Crippen molar-refractivity contribution in [1.82, 2.24) is 9.66 Å². The fourth-order valence-corrected chi connectivity index (χ4v) is 3.35. The maximum Gasteiger partial charge on any atom is 0.282 e. The Morgan fingerprint density at radius 3 is 2.84 bits per heavy atom. The monoisotopic (exact) mass is 354 g/mol. The molecule has 0 unspecified atom stereocenters. The Labute approximate surface area is 146 Å². The summed E-state index contributed by atoms with van der Waals surface area (Å²) in [6.45, 7) is 3.84. The van der Waals surface area contributed by atoms with Gasteiger partial charge in [-0.2, -0.15) is 9.78 Å². The van der Waals surface area contributed by atoms with Gasteiger partial charge >= 0.3 is 0 Å². The van der Waals surface area contributed by atoms with Gasteiger partial charge in [0.05, 0.1) is 15.9 Å². The van der Waals surface area contributed by atoms with E-state index in [4.69, 9.17) is 0 Å². The molecule has 0 saturated heterocycles. The van der Waals surface area contributed by atoms with Crippen molar-refractivity contribution in [2.24, 2.45) is 5.10 Å². The summed E-state index contributed by atoms with van der Waals surface area (Å²) in [4.78, 5) is 29.0. The van der Waals surface area contributed by atoms with Crippen molar-refractivity contribution < 1.29 is 4.92 Å². The summed E-state index contributed by atoms with van der Waals surface area (Å²) in [6, 6.07) is 6.39. The Balaban J connectivity index is 1.90. The number of allylic oxidation sites excluding steroid dienone is 1. The van der Waals surface area contributed by atoms with Gasteiger partial charge in [-0.15, -0.1) is 11.3 Å². The summed E-state index contributed by atoms with van der Waals surface area (Å²) in [5, 5.41) is 15.6. The number of nitrogens with zero attached hydrogens (tertiary/aromatic N) is 4. The van der Waals surface area contributed by atoms with Gasteiger partial charge in [-0.25, -0.2) is 4.98 Å². The normalized spacial score (nSPS) is 11.8. The molecule has 2 heterocycles. The second kappa shape index (κ2) is 6.78. The Morgan fingerprint density at radius 2 is 2.08 bits per heavy atom. The van der Waals surface area contributed by atoms with Gasteiger partial charge in [-0.3, -0.25) is 14.9 Å². The fraction of sp³-hybridized carbons (Fsp3) is 0.118. The molecule has 2 aromatic heterocycles. The third kappa shape index (κ3) is 3.24. The van der Waals surface area contributed by atoms with Crippen LogP contribution in [-0.4, -0.2) is 20.8 Å². The summed E-state index contributed by atoms with van der Waals surface area (Å²) in [5.74, 6) is 0. The molecule has 0 saturated carbocycles. The molecule has 126 valence electrons. The highest BCUT2D eigenvalue weighted by Crippen LogP contribution is 2.25. The highest BCUT2D eigenvalue weighted by Gasteiger charge is 2.11. The minimum Gasteiger partial charge on any atom is -0.267 e. The highest BCUT2D eigenvalue weighted by atomic mass is 32.1. The van der Waals surface area contributed by atoms with E-state index in [1.165, 1.54) is 29.9 Å². The third-order valence-electron chi connectivity index (χ3n) is 3.76. The molecule has 3 aromatic rings. The van der Waals surface area contributed by atoms with E-state index < -0.39 is 4.92 Å². The Hall–Kier alpha value is -3.13. The van der Waals surface area contributed by atoms with Crippen molar-refractivity contribution in [2.45, 2.75) is 13.8 Å². The molecule has 0 aliphatic heterocycles. The van der Waals surface area contributed by atoms with Gasteiger partial charge in [0.15, 0.2) is 0 Å². The zero-order valence-corrected chi connectivity index (χ0v) is 14.4. The number of aryl methyl sites for hydroxylation is 2. The molecule has 0 spiro atoms. The Morgan fingerprint density at radius 1 is 1.32 bits per heavy atom. The van der Waals surface area contributed by atoms with Crippen LogP contribution >= 0.6 is 11.3 Å². The zero-order chi connectivity index (χ0) is 18.0. The molecule has 3 rings (SSSR count). The van der Waals surface area contributed by atoms with Gasteiger partial charge in [-0.05, 0) is 37.6 Å². The molecule has 0 atom stereocenters. The van der Waals surface area contributed by atoms with E-state index >= 15 is 0 Å². The van der Waals surface area contributed by atoms with Crippen LogP contribution in [0.2, 0.25) is 0 Å². The number of benzene rings is 1. The standard InChI is InChI=1S/C17H14N4O3S/c1-11-12(2)25-16-15(11)17(22)20(10-18-16)19-9-5-7-13-6-3-4-8-14(13)21(23)24/h3-10H,1-2H3/b7-5+,19-9+. The number of rotatable bonds is 4. The maximum absolute atomic E-state index is 12.5. The van der Waals surface area contributed by atoms with Crippen molar-refractivity contribution in [3.63, 3.8) is 0 Å². The first kappa shape index (κ1) is 16.7. The topological polar surface area (TPSA) is 90.4 Å². The zero-order valence-electron chi connectivity index (χ0n) is 13.5. The molecule has 0 fully saturated rings. The second-order valence-corrected chi connectivity index (χ2v) is 6.50. The summed E-state index contributed by atoms with van der Waals surface area (Å²) in [5.41, 5.74) is 1.15. The lowest BCUT2D eigenvalue weighted by Crippen LogP contribution is -2.16. The van der Waals surface area contributed by atoms with E-state index in [-0.39, 0.29) is 11.2 Å². The smallest absolute Gasteiger partial charge is 0.267 e. The first-order chi connectivity index (χ1) is 12.0. The number of thiophene rings is 1. The predicted octanol–water partition coefficient (Wildman–Crippen LogP) is 3.53. The lowest BCUT2D eigenvalue weighted by atomic mass is 10.2. The van der Waals surface area contributed by atoms with Crippen molar-refractivity contribution in [3.05, 3.63) is 73.1 Å². The van der Waals surface area contributed by atoms with E-state index in [9.17, 15) is 14.9 Å². The third-order valence-corrected chi connectivity index (χ3v) is 4.87. The molecular formula is C17H14N4O3S. The average molecular weight is 354 g/mol. The van der Waals surface area contributed by atoms with Crippen LogP contribution in [0.25, 0.3) is 16.3 Å². The Kier molecular flexibility index (Phi) is 4.53. The van der Waals surface area contributed by atoms with Crippen LogP contribution in [-0.2, 0) is 0 Å².